The summed E-state index contributed by atoms with van der Waals surface area (Å²) in [5, 5.41) is 0. The SMILES string of the molecule is Cc1ccncc1CNS(=O)(=O)c1c(N)ccc(C)c1C. The molecule has 21 heavy (non-hydrogen) atoms. The van der Waals surface area contributed by atoms with Crippen LogP contribution in [0.1, 0.15) is 22.3 Å². The Bertz CT molecular complexity index is 770. The normalized spacial score (nSPS) is 11.6. The second-order valence-corrected chi connectivity index (χ2v) is 6.76. The van der Waals surface area contributed by atoms with E-state index in [-0.39, 0.29) is 17.1 Å². The third-order valence-electron chi connectivity index (χ3n) is 3.58. The summed E-state index contributed by atoms with van der Waals surface area (Å²) in [7, 11) is -3.66. The van der Waals surface area contributed by atoms with Crippen LogP contribution in [0.15, 0.2) is 35.5 Å². The number of anilines is 1. The van der Waals surface area contributed by atoms with Crippen LogP contribution >= 0.6 is 0 Å². The fourth-order valence-electron chi connectivity index (χ4n) is 2.09. The van der Waals surface area contributed by atoms with Crippen LogP contribution in [0.25, 0.3) is 0 Å². The number of hydrogen-bond donors (Lipinski definition) is 2. The molecule has 0 unspecified atom stereocenters. The average Bonchev–Trinajstić information content (AvgIpc) is 2.42. The van der Waals surface area contributed by atoms with Gasteiger partial charge in [0.25, 0.3) is 0 Å². The Morgan fingerprint density at radius 3 is 2.52 bits per heavy atom. The minimum atomic E-state index is -3.66. The van der Waals surface area contributed by atoms with Crippen molar-refractivity contribution in [2.45, 2.75) is 32.2 Å². The Hall–Kier alpha value is -1.92. The molecule has 1 aromatic heterocycles. The molecule has 0 aliphatic rings. The molecule has 0 aliphatic heterocycles. The standard InChI is InChI=1S/C15H19N3O2S/c1-10-4-5-14(16)15(12(10)3)21(19,20)18-9-13-8-17-7-6-11(13)2/h4-8,18H,9,16H2,1-3H3. The lowest BCUT2D eigenvalue weighted by molar-refractivity contribution is 0.581. The second-order valence-electron chi connectivity index (χ2n) is 5.05. The van der Waals surface area contributed by atoms with Crippen molar-refractivity contribution in [3.05, 3.63) is 52.8 Å². The Balaban J connectivity index is 2.32. The highest BCUT2D eigenvalue weighted by molar-refractivity contribution is 7.89. The Kier molecular flexibility index (Phi) is 4.29. The lowest BCUT2D eigenvalue weighted by atomic mass is 10.1. The van der Waals surface area contributed by atoms with Crippen molar-refractivity contribution in [2.75, 3.05) is 5.73 Å². The molecule has 0 radical (unpaired) electrons. The van der Waals surface area contributed by atoms with Crippen molar-refractivity contribution in [3.63, 3.8) is 0 Å². The topological polar surface area (TPSA) is 85.1 Å². The predicted octanol–water partition coefficient (Wildman–Crippen LogP) is 2.07. The van der Waals surface area contributed by atoms with Crippen LogP contribution < -0.4 is 10.5 Å². The lowest BCUT2D eigenvalue weighted by Crippen LogP contribution is -2.25. The molecule has 0 fully saturated rings. The van der Waals surface area contributed by atoms with E-state index in [9.17, 15) is 8.42 Å². The van der Waals surface area contributed by atoms with Gasteiger partial charge in [-0.25, -0.2) is 13.1 Å². The summed E-state index contributed by atoms with van der Waals surface area (Å²) < 4.78 is 27.6. The molecule has 0 saturated carbocycles. The average molecular weight is 305 g/mol. The third kappa shape index (κ3) is 3.22. The fourth-order valence-corrected chi connectivity index (χ4v) is 3.53. The van der Waals surface area contributed by atoms with Crippen LogP contribution in [0, 0.1) is 20.8 Å². The van der Waals surface area contributed by atoms with E-state index in [4.69, 9.17) is 5.73 Å². The molecule has 0 amide bonds. The van der Waals surface area contributed by atoms with Gasteiger partial charge in [-0.2, -0.15) is 0 Å². The van der Waals surface area contributed by atoms with Gasteiger partial charge in [0.1, 0.15) is 4.90 Å². The highest BCUT2D eigenvalue weighted by Gasteiger charge is 2.21. The number of aryl methyl sites for hydroxylation is 2. The molecule has 5 nitrogen and oxygen atoms in total. The van der Waals surface area contributed by atoms with Crippen molar-refractivity contribution in [1.29, 1.82) is 0 Å². The molecular formula is C15H19N3O2S. The van der Waals surface area contributed by atoms with Gasteiger partial charge in [-0.05, 0) is 55.2 Å². The molecule has 2 aromatic rings. The van der Waals surface area contributed by atoms with E-state index < -0.39 is 10.0 Å². The highest BCUT2D eigenvalue weighted by atomic mass is 32.2. The van der Waals surface area contributed by atoms with Gasteiger partial charge in [0, 0.05) is 18.9 Å². The van der Waals surface area contributed by atoms with Crippen LogP contribution in [0.2, 0.25) is 0 Å². The summed E-state index contributed by atoms with van der Waals surface area (Å²) in [5.74, 6) is 0. The van der Waals surface area contributed by atoms with Gasteiger partial charge in [0.15, 0.2) is 0 Å². The van der Waals surface area contributed by atoms with Crippen molar-refractivity contribution >= 4 is 15.7 Å². The van der Waals surface area contributed by atoms with E-state index in [1.54, 1.807) is 25.4 Å². The molecule has 1 heterocycles. The summed E-state index contributed by atoms with van der Waals surface area (Å²) in [4.78, 5) is 4.17. The van der Waals surface area contributed by atoms with Gasteiger partial charge in [-0.3, -0.25) is 4.98 Å². The van der Waals surface area contributed by atoms with Crippen molar-refractivity contribution in [1.82, 2.24) is 9.71 Å². The van der Waals surface area contributed by atoms with E-state index in [2.05, 4.69) is 9.71 Å². The van der Waals surface area contributed by atoms with Crippen LogP contribution in [0.4, 0.5) is 5.69 Å². The van der Waals surface area contributed by atoms with Crippen molar-refractivity contribution in [2.24, 2.45) is 0 Å². The summed E-state index contributed by atoms with van der Waals surface area (Å²) >= 11 is 0. The number of pyridine rings is 1. The first-order valence-electron chi connectivity index (χ1n) is 6.58. The van der Waals surface area contributed by atoms with Gasteiger partial charge >= 0.3 is 0 Å². The maximum Gasteiger partial charge on any atom is 0.243 e. The van der Waals surface area contributed by atoms with E-state index in [0.29, 0.717) is 5.56 Å². The molecule has 0 saturated heterocycles. The van der Waals surface area contributed by atoms with Gasteiger partial charge in [-0.15, -0.1) is 0 Å². The molecule has 6 heteroatoms. The first-order valence-corrected chi connectivity index (χ1v) is 8.06. The van der Waals surface area contributed by atoms with Crippen LogP contribution in [0.3, 0.4) is 0 Å². The second kappa shape index (κ2) is 5.83. The summed E-state index contributed by atoms with van der Waals surface area (Å²) in [6, 6.07) is 5.27. The molecule has 3 N–H and O–H groups in total. The number of aromatic nitrogens is 1. The van der Waals surface area contributed by atoms with Crippen LogP contribution in [-0.2, 0) is 16.6 Å². The zero-order valence-corrected chi connectivity index (χ0v) is 13.2. The summed E-state index contributed by atoms with van der Waals surface area (Å²) in [6.07, 6.45) is 3.33. The van der Waals surface area contributed by atoms with E-state index in [1.165, 1.54) is 0 Å². The van der Waals surface area contributed by atoms with Crippen LogP contribution in [0.5, 0.6) is 0 Å². The number of nitrogens with one attached hydrogen (secondary N) is 1. The number of hydrogen-bond acceptors (Lipinski definition) is 4. The number of rotatable bonds is 4. The molecule has 1 aromatic carbocycles. The number of benzene rings is 1. The molecule has 112 valence electrons. The third-order valence-corrected chi connectivity index (χ3v) is 5.18. The maximum absolute atomic E-state index is 12.5. The molecule has 0 atom stereocenters. The summed E-state index contributed by atoms with van der Waals surface area (Å²) in [6.45, 7) is 5.72. The monoisotopic (exact) mass is 305 g/mol. The van der Waals surface area contributed by atoms with Crippen LogP contribution in [-0.4, -0.2) is 13.4 Å². The zero-order valence-electron chi connectivity index (χ0n) is 12.3. The summed E-state index contributed by atoms with van der Waals surface area (Å²) in [5.41, 5.74) is 9.49. The molecule has 0 bridgehead atoms. The minimum Gasteiger partial charge on any atom is -0.398 e. The maximum atomic E-state index is 12.5. The number of nitrogen functional groups attached to an aromatic ring is 1. The quantitative estimate of drug-likeness (QED) is 0.847. The fraction of sp³-hybridized carbons (Fsp3) is 0.267. The first kappa shape index (κ1) is 15.5. The molecule has 2 rings (SSSR count). The Morgan fingerprint density at radius 1 is 1.14 bits per heavy atom. The molecule has 0 spiro atoms. The minimum absolute atomic E-state index is 0.157. The van der Waals surface area contributed by atoms with Crippen molar-refractivity contribution < 1.29 is 8.42 Å². The zero-order chi connectivity index (χ0) is 15.6. The largest absolute Gasteiger partial charge is 0.398 e. The molecule has 0 aliphatic carbocycles. The van der Waals surface area contributed by atoms with Gasteiger partial charge in [0.05, 0.1) is 5.69 Å². The van der Waals surface area contributed by atoms with Gasteiger partial charge < -0.3 is 5.73 Å². The smallest absolute Gasteiger partial charge is 0.243 e. The molecular weight excluding hydrogens is 286 g/mol. The van der Waals surface area contributed by atoms with E-state index in [0.717, 1.165) is 16.7 Å². The van der Waals surface area contributed by atoms with Gasteiger partial charge in [0.2, 0.25) is 10.0 Å². The number of sulfonamides is 1. The highest BCUT2D eigenvalue weighted by Crippen LogP contribution is 2.25. The van der Waals surface area contributed by atoms with E-state index in [1.807, 2.05) is 26.0 Å². The first-order chi connectivity index (χ1) is 9.83. The number of nitrogens with two attached hydrogens (primary N) is 1. The number of nitrogens with zero attached hydrogens (tertiary/aromatic N) is 1. The lowest BCUT2D eigenvalue weighted by Gasteiger charge is -2.14. The Labute approximate surface area is 125 Å². The Morgan fingerprint density at radius 2 is 1.86 bits per heavy atom. The van der Waals surface area contributed by atoms with Crippen molar-refractivity contribution in [3.8, 4) is 0 Å². The van der Waals surface area contributed by atoms with Gasteiger partial charge in [-0.1, -0.05) is 6.07 Å². The predicted molar refractivity (Wildman–Crippen MR) is 83.3 cm³/mol. The van der Waals surface area contributed by atoms with E-state index >= 15 is 0 Å².